The lowest BCUT2D eigenvalue weighted by Crippen LogP contribution is -1.41. The first-order valence-corrected chi connectivity index (χ1v) is 1.75. The van der Waals surface area contributed by atoms with Crippen LogP contribution < -0.4 is 0 Å². The van der Waals surface area contributed by atoms with Crippen molar-refractivity contribution in [2.24, 2.45) is 0 Å². The molecule has 0 unspecified atom stereocenters. The summed E-state index contributed by atoms with van der Waals surface area (Å²) in [7, 11) is 0. The van der Waals surface area contributed by atoms with Gasteiger partial charge in [0.15, 0.2) is 0 Å². The van der Waals surface area contributed by atoms with Crippen LogP contribution in [0.4, 0.5) is 0 Å². The first kappa shape index (κ1) is 3.68. The summed E-state index contributed by atoms with van der Waals surface area (Å²) in [4.78, 5) is 0. The average molecular weight is 102 g/mol. The monoisotopic (exact) mass is 102 g/mol. The maximum Gasteiger partial charge on any atom is 0.234 e. The van der Waals surface area contributed by atoms with Crippen molar-refractivity contribution >= 4 is 11.6 Å². The SMILES string of the molecule is Clc1[c]cno1. The van der Waals surface area contributed by atoms with E-state index in [-0.39, 0.29) is 5.22 Å². The Morgan fingerprint density at radius 1 is 2.00 bits per heavy atom. The maximum absolute atomic E-state index is 5.17. The smallest absolute Gasteiger partial charge is 0.234 e. The molecule has 31 valence electrons. The summed E-state index contributed by atoms with van der Waals surface area (Å²) in [5.41, 5.74) is 0. The molecule has 0 aliphatic rings. The summed E-state index contributed by atoms with van der Waals surface area (Å²) in [5, 5.41) is 3.46. The molecular formula is C3HClNO. The van der Waals surface area contributed by atoms with Crippen molar-refractivity contribution in [3.8, 4) is 0 Å². The number of rotatable bonds is 0. The molecule has 3 heteroatoms. The fourth-order valence-corrected chi connectivity index (χ4v) is 0.265. The van der Waals surface area contributed by atoms with Gasteiger partial charge in [-0.05, 0) is 11.6 Å². The van der Waals surface area contributed by atoms with Crippen LogP contribution in [0.3, 0.4) is 0 Å². The largest absolute Gasteiger partial charge is 0.344 e. The van der Waals surface area contributed by atoms with Crippen LogP contribution in [0.1, 0.15) is 0 Å². The zero-order chi connectivity index (χ0) is 4.41. The molecule has 1 aromatic rings. The van der Waals surface area contributed by atoms with Crippen LogP contribution >= 0.6 is 11.6 Å². The molecule has 1 heterocycles. The van der Waals surface area contributed by atoms with Crippen LogP contribution in [0.2, 0.25) is 5.22 Å². The Morgan fingerprint density at radius 3 is 3.00 bits per heavy atom. The molecule has 1 radical (unpaired) electrons. The van der Waals surface area contributed by atoms with Crippen molar-refractivity contribution in [1.29, 1.82) is 0 Å². The third kappa shape index (κ3) is 0.518. The summed E-state index contributed by atoms with van der Waals surface area (Å²) in [5.74, 6) is 0. The summed E-state index contributed by atoms with van der Waals surface area (Å²) in [6, 6.07) is 2.49. The van der Waals surface area contributed by atoms with Crippen molar-refractivity contribution < 1.29 is 4.52 Å². The van der Waals surface area contributed by atoms with Gasteiger partial charge in [-0.25, -0.2) is 0 Å². The highest BCUT2D eigenvalue weighted by Gasteiger charge is 1.82. The van der Waals surface area contributed by atoms with Crippen molar-refractivity contribution in [1.82, 2.24) is 5.16 Å². The van der Waals surface area contributed by atoms with E-state index in [2.05, 4.69) is 15.7 Å². The normalized spacial score (nSPS) is 8.83. The number of hydrogen-bond donors (Lipinski definition) is 0. The molecule has 0 atom stereocenters. The van der Waals surface area contributed by atoms with Gasteiger partial charge >= 0.3 is 0 Å². The molecule has 0 bridgehead atoms. The molecule has 0 aliphatic heterocycles. The molecule has 0 spiro atoms. The predicted molar refractivity (Wildman–Crippen MR) is 20.3 cm³/mol. The molecule has 0 N–H and O–H groups in total. The number of aromatic nitrogens is 1. The van der Waals surface area contributed by atoms with E-state index < -0.39 is 0 Å². The number of nitrogens with zero attached hydrogens (tertiary/aromatic N) is 1. The second kappa shape index (κ2) is 1.30. The Morgan fingerprint density at radius 2 is 2.83 bits per heavy atom. The van der Waals surface area contributed by atoms with Gasteiger partial charge in [-0.15, -0.1) is 0 Å². The molecule has 6 heavy (non-hydrogen) atoms. The van der Waals surface area contributed by atoms with Gasteiger partial charge in [-0.2, -0.15) is 0 Å². The van der Waals surface area contributed by atoms with E-state index in [1.165, 1.54) is 6.20 Å². The van der Waals surface area contributed by atoms with Crippen LogP contribution in [0, 0.1) is 6.07 Å². The van der Waals surface area contributed by atoms with Gasteiger partial charge in [0.05, 0.1) is 12.3 Å². The Hall–Kier alpha value is -0.500. The van der Waals surface area contributed by atoms with Gasteiger partial charge in [0.25, 0.3) is 0 Å². The van der Waals surface area contributed by atoms with Crippen molar-refractivity contribution in [2.75, 3.05) is 0 Å². The molecule has 0 amide bonds. The van der Waals surface area contributed by atoms with Gasteiger partial charge in [0.2, 0.25) is 5.22 Å². The molecule has 1 aromatic heterocycles. The second-order valence-corrected chi connectivity index (χ2v) is 1.09. The third-order valence-corrected chi connectivity index (χ3v) is 0.542. The van der Waals surface area contributed by atoms with E-state index in [0.717, 1.165) is 0 Å². The molecular weight excluding hydrogens is 101 g/mol. The van der Waals surface area contributed by atoms with E-state index in [1.807, 2.05) is 0 Å². The Labute approximate surface area is 39.7 Å². The molecule has 0 saturated heterocycles. The number of hydrogen-bond acceptors (Lipinski definition) is 2. The van der Waals surface area contributed by atoms with Crippen LogP contribution in [0.5, 0.6) is 0 Å². The Bertz CT molecular complexity index is 114. The molecule has 0 saturated carbocycles. The molecule has 0 aromatic carbocycles. The fraction of sp³-hybridized carbons (Fsp3) is 0. The van der Waals surface area contributed by atoms with E-state index >= 15 is 0 Å². The first-order valence-electron chi connectivity index (χ1n) is 1.37. The zero-order valence-corrected chi connectivity index (χ0v) is 3.57. The fourth-order valence-electron chi connectivity index (χ4n) is 0.176. The van der Waals surface area contributed by atoms with Gasteiger partial charge in [-0.3, -0.25) is 0 Å². The lowest BCUT2D eigenvalue weighted by Gasteiger charge is -1.61. The number of halogens is 1. The summed E-state index contributed by atoms with van der Waals surface area (Å²) < 4.78 is 4.29. The molecule has 0 aliphatic carbocycles. The lowest BCUT2D eigenvalue weighted by molar-refractivity contribution is 0.421. The van der Waals surface area contributed by atoms with E-state index in [9.17, 15) is 0 Å². The predicted octanol–water partition coefficient (Wildman–Crippen LogP) is 1.13. The minimum atomic E-state index is 0.204. The maximum atomic E-state index is 5.17. The Balaban J connectivity index is 3.05. The highest BCUT2D eigenvalue weighted by molar-refractivity contribution is 6.28. The Kier molecular flexibility index (Phi) is 0.801. The standard InChI is InChI=1S/C3HClNO/c4-3-1-2-5-6-3/h2H. The quantitative estimate of drug-likeness (QED) is 0.491. The lowest BCUT2D eigenvalue weighted by atomic mass is 10.8. The zero-order valence-electron chi connectivity index (χ0n) is 2.81. The van der Waals surface area contributed by atoms with Gasteiger partial charge in [0, 0.05) is 0 Å². The molecule has 1 rings (SSSR count). The third-order valence-electron chi connectivity index (χ3n) is 0.364. The average Bonchev–Trinajstić information content (AvgIpc) is 1.86. The van der Waals surface area contributed by atoms with Crippen molar-refractivity contribution in [3.05, 3.63) is 17.5 Å². The summed E-state index contributed by atoms with van der Waals surface area (Å²) >= 11 is 5.17. The van der Waals surface area contributed by atoms with Crippen LogP contribution in [0.15, 0.2) is 10.7 Å². The van der Waals surface area contributed by atoms with Crippen molar-refractivity contribution in [2.45, 2.75) is 0 Å². The topological polar surface area (TPSA) is 26.0 Å². The minimum Gasteiger partial charge on any atom is -0.344 e. The molecule has 2 nitrogen and oxygen atoms in total. The minimum absolute atomic E-state index is 0.204. The van der Waals surface area contributed by atoms with Gasteiger partial charge < -0.3 is 4.52 Å². The van der Waals surface area contributed by atoms with Gasteiger partial charge in [0.1, 0.15) is 0 Å². The summed E-state index contributed by atoms with van der Waals surface area (Å²) in [6.07, 6.45) is 1.36. The highest BCUT2D eigenvalue weighted by Crippen LogP contribution is 2.00. The summed E-state index contributed by atoms with van der Waals surface area (Å²) in [6.45, 7) is 0. The van der Waals surface area contributed by atoms with Crippen LogP contribution in [-0.2, 0) is 0 Å². The van der Waals surface area contributed by atoms with E-state index in [1.54, 1.807) is 0 Å². The van der Waals surface area contributed by atoms with Crippen LogP contribution in [0.25, 0.3) is 0 Å². The van der Waals surface area contributed by atoms with Crippen LogP contribution in [-0.4, -0.2) is 5.16 Å². The molecule has 0 fully saturated rings. The highest BCUT2D eigenvalue weighted by atomic mass is 35.5. The first-order chi connectivity index (χ1) is 2.89. The van der Waals surface area contributed by atoms with E-state index in [0.29, 0.717) is 0 Å². The van der Waals surface area contributed by atoms with E-state index in [4.69, 9.17) is 11.6 Å². The van der Waals surface area contributed by atoms with Gasteiger partial charge in [-0.1, -0.05) is 5.16 Å². The second-order valence-electron chi connectivity index (χ2n) is 0.744. The van der Waals surface area contributed by atoms with Crippen molar-refractivity contribution in [3.63, 3.8) is 0 Å².